The molecule has 1 unspecified atom stereocenters. The van der Waals surface area contributed by atoms with Gasteiger partial charge in [-0.15, -0.1) is 0 Å². The van der Waals surface area contributed by atoms with Gasteiger partial charge in [0.05, 0.1) is 6.61 Å². The normalized spacial score (nSPS) is 20.5. The fourth-order valence-electron chi connectivity index (χ4n) is 0.662. The van der Waals surface area contributed by atoms with E-state index in [1.807, 2.05) is 0 Å². The van der Waals surface area contributed by atoms with Crippen LogP contribution in [0, 0.1) is 0 Å². The van der Waals surface area contributed by atoms with E-state index in [0.29, 0.717) is 0 Å². The summed E-state index contributed by atoms with van der Waals surface area (Å²) in [7, 11) is 0. The van der Waals surface area contributed by atoms with Gasteiger partial charge in [-0.2, -0.15) is 0 Å². The van der Waals surface area contributed by atoms with Crippen LogP contribution >= 0.6 is 0 Å². The molecule has 4 atom stereocenters. The molecule has 78 valence electrons. The van der Waals surface area contributed by atoms with Crippen molar-refractivity contribution in [3.8, 4) is 0 Å². The summed E-state index contributed by atoms with van der Waals surface area (Å²) in [6, 6.07) is 0. The Hall–Kier alpha value is -0.570. The lowest BCUT2D eigenvalue weighted by atomic mass is 10.0. The molecular weight excluding hydrogens is 182 g/mol. The molecule has 7 nitrogen and oxygen atoms in total. The summed E-state index contributed by atoms with van der Waals surface area (Å²) in [5.41, 5.74) is 4.71. The Morgan fingerprint density at radius 2 is 1.69 bits per heavy atom. The number of nitrogens with two attached hydrogens (primary N) is 1. The molecule has 7 heteroatoms. The zero-order valence-corrected chi connectivity index (χ0v) is 6.74. The van der Waals surface area contributed by atoms with E-state index >= 15 is 0 Å². The summed E-state index contributed by atoms with van der Waals surface area (Å²) in [5.74, 6) is -1.22. The van der Waals surface area contributed by atoms with Crippen LogP contribution in [0.2, 0.25) is 0 Å². The number of Topliss-reactive ketones (excluding diaryl/α,β-unsaturated/α-hetero) is 1. The predicted molar refractivity (Wildman–Crippen MR) is 40.3 cm³/mol. The number of aliphatic hydroxyl groups is 5. The Kier molecular flexibility index (Phi) is 4.99. The lowest BCUT2D eigenvalue weighted by Crippen LogP contribution is -2.49. The Morgan fingerprint density at radius 1 is 1.23 bits per heavy atom. The number of ketones is 1. The van der Waals surface area contributed by atoms with Crippen molar-refractivity contribution in [2.75, 3.05) is 6.61 Å². The average molecular weight is 195 g/mol. The molecule has 0 aromatic carbocycles. The van der Waals surface area contributed by atoms with Crippen molar-refractivity contribution in [1.29, 1.82) is 0 Å². The minimum Gasteiger partial charge on any atom is -0.394 e. The second-order valence-electron chi connectivity index (χ2n) is 2.53. The minimum absolute atomic E-state index is 0.813. The van der Waals surface area contributed by atoms with Crippen LogP contribution in [0.25, 0.3) is 0 Å². The van der Waals surface area contributed by atoms with Gasteiger partial charge in [-0.3, -0.25) is 10.5 Å². The molecule has 0 fully saturated rings. The van der Waals surface area contributed by atoms with Crippen LogP contribution in [0.1, 0.15) is 0 Å². The molecule has 7 N–H and O–H groups in total. The molecule has 0 saturated heterocycles. The lowest BCUT2D eigenvalue weighted by molar-refractivity contribution is -0.148. The molecule has 0 heterocycles. The van der Waals surface area contributed by atoms with E-state index in [9.17, 15) is 4.79 Å². The summed E-state index contributed by atoms with van der Waals surface area (Å²) in [6.07, 6.45) is -7.45. The molecule has 0 aliphatic carbocycles. The molecule has 13 heavy (non-hydrogen) atoms. The standard InChI is InChI=1S/C6H13NO6/c7-6(13)5(12)4(11)3(10)2(9)1-8/h2-4,6,8-11,13H,1,7H2/t2-,3+,4-,6?/m1/s1. The van der Waals surface area contributed by atoms with Gasteiger partial charge in [0.25, 0.3) is 0 Å². The van der Waals surface area contributed by atoms with Crippen LogP contribution in [-0.2, 0) is 4.79 Å². The first-order chi connectivity index (χ1) is 5.91. The molecule has 0 rings (SSSR count). The van der Waals surface area contributed by atoms with Gasteiger partial charge in [0, 0.05) is 0 Å². The maximum absolute atomic E-state index is 10.7. The van der Waals surface area contributed by atoms with Crippen molar-refractivity contribution >= 4 is 5.78 Å². The number of carbonyl (C=O) groups excluding carboxylic acids is 1. The first-order valence-electron chi connectivity index (χ1n) is 3.54. The Labute approximate surface area is 74.0 Å². The van der Waals surface area contributed by atoms with E-state index in [1.54, 1.807) is 0 Å². The highest BCUT2D eigenvalue weighted by atomic mass is 16.4. The number of aliphatic hydroxyl groups excluding tert-OH is 5. The van der Waals surface area contributed by atoms with Crippen molar-refractivity contribution < 1.29 is 30.3 Å². The van der Waals surface area contributed by atoms with Gasteiger partial charge in [0.1, 0.15) is 18.3 Å². The van der Waals surface area contributed by atoms with Gasteiger partial charge < -0.3 is 25.5 Å². The molecule has 0 aliphatic rings. The molecule has 0 aromatic rings. The molecule has 0 spiro atoms. The zero-order chi connectivity index (χ0) is 10.6. The summed E-state index contributed by atoms with van der Waals surface area (Å²) >= 11 is 0. The van der Waals surface area contributed by atoms with E-state index in [4.69, 9.17) is 31.3 Å². The van der Waals surface area contributed by atoms with E-state index in [0.717, 1.165) is 0 Å². The first kappa shape index (κ1) is 12.4. The van der Waals surface area contributed by atoms with Crippen LogP contribution in [0.5, 0.6) is 0 Å². The van der Waals surface area contributed by atoms with Crippen molar-refractivity contribution in [1.82, 2.24) is 0 Å². The maximum atomic E-state index is 10.7. The smallest absolute Gasteiger partial charge is 0.206 e. The topological polar surface area (TPSA) is 144 Å². The molecule has 0 aromatic heterocycles. The number of hydrogen-bond donors (Lipinski definition) is 6. The summed E-state index contributed by atoms with van der Waals surface area (Å²) in [5, 5.41) is 43.6. The van der Waals surface area contributed by atoms with Crippen LogP contribution < -0.4 is 5.73 Å². The highest BCUT2D eigenvalue weighted by Crippen LogP contribution is 2.02. The quantitative estimate of drug-likeness (QED) is 0.245. The third-order valence-corrected chi connectivity index (χ3v) is 1.49. The number of carbonyl (C=O) groups is 1. The Balaban J connectivity index is 4.24. The van der Waals surface area contributed by atoms with Gasteiger partial charge in [0.2, 0.25) is 5.78 Å². The van der Waals surface area contributed by atoms with Crippen LogP contribution in [0.15, 0.2) is 0 Å². The fourth-order valence-corrected chi connectivity index (χ4v) is 0.662. The van der Waals surface area contributed by atoms with Gasteiger partial charge in [0.15, 0.2) is 6.23 Å². The average Bonchev–Trinajstić information content (AvgIpc) is 2.12. The van der Waals surface area contributed by atoms with Gasteiger partial charge in [-0.05, 0) is 0 Å². The molecule has 0 radical (unpaired) electrons. The largest absolute Gasteiger partial charge is 0.394 e. The Morgan fingerprint density at radius 3 is 2.00 bits per heavy atom. The van der Waals surface area contributed by atoms with Crippen LogP contribution in [0.3, 0.4) is 0 Å². The third kappa shape index (κ3) is 3.35. The molecule has 0 amide bonds. The van der Waals surface area contributed by atoms with Crippen LogP contribution in [-0.4, -0.2) is 62.5 Å². The first-order valence-corrected chi connectivity index (χ1v) is 3.54. The molecule has 0 bridgehead atoms. The third-order valence-electron chi connectivity index (χ3n) is 1.49. The molecule has 0 saturated carbocycles. The zero-order valence-electron chi connectivity index (χ0n) is 6.74. The molecule has 0 aliphatic heterocycles. The fraction of sp³-hybridized carbons (Fsp3) is 0.833. The summed E-state index contributed by atoms with van der Waals surface area (Å²) in [4.78, 5) is 10.7. The highest BCUT2D eigenvalue weighted by Gasteiger charge is 2.32. The van der Waals surface area contributed by atoms with Crippen LogP contribution in [0.4, 0.5) is 0 Å². The van der Waals surface area contributed by atoms with Crippen molar-refractivity contribution in [3.05, 3.63) is 0 Å². The minimum atomic E-state index is -2.01. The second-order valence-corrected chi connectivity index (χ2v) is 2.53. The summed E-state index contributed by atoms with van der Waals surface area (Å²) in [6.45, 7) is -0.813. The SMILES string of the molecule is NC(O)C(=O)[C@H](O)[C@@H](O)[C@H](O)CO. The lowest BCUT2D eigenvalue weighted by Gasteiger charge is -2.20. The van der Waals surface area contributed by atoms with Gasteiger partial charge >= 0.3 is 0 Å². The monoisotopic (exact) mass is 195 g/mol. The summed E-state index contributed by atoms with van der Waals surface area (Å²) < 4.78 is 0. The van der Waals surface area contributed by atoms with E-state index in [-0.39, 0.29) is 0 Å². The predicted octanol–water partition coefficient (Wildman–Crippen LogP) is -4.09. The number of rotatable bonds is 5. The molecular formula is C6H13NO6. The van der Waals surface area contributed by atoms with E-state index in [1.165, 1.54) is 0 Å². The van der Waals surface area contributed by atoms with E-state index < -0.39 is 36.9 Å². The van der Waals surface area contributed by atoms with E-state index in [2.05, 4.69) is 0 Å². The Bertz CT molecular complexity index is 173. The maximum Gasteiger partial charge on any atom is 0.206 e. The van der Waals surface area contributed by atoms with Crippen molar-refractivity contribution in [2.45, 2.75) is 24.5 Å². The van der Waals surface area contributed by atoms with Crippen molar-refractivity contribution in [3.63, 3.8) is 0 Å². The van der Waals surface area contributed by atoms with Crippen molar-refractivity contribution in [2.24, 2.45) is 5.73 Å². The highest BCUT2D eigenvalue weighted by molar-refractivity contribution is 5.86. The van der Waals surface area contributed by atoms with Gasteiger partial charge in [-0.25, -0.2) is 0 Å². The number of hydrogen-bond acceptors (Lipinski definition) is 7. The second kappa shape index (κ2) is 5.22. The van der Waals surface area contributed by atoms with Gasteiger partial charge in [-0.1, -0.05) is 0 Å².